The normalized spacial score (nSPS) is 11.0. The largest absolute Gasteiger partial charge is 0.493 e. The van der Waals surface area contributed by atoms with Crippen LogP contribution in [0.15, 0.2) is 131 Å². The van der Waals surface area contributed by atoms with Gasteiger partial charge >= 0.3 is 0 Å². The number of nitrogens with zero attached hydrogens (tertiary/aromatic N) is 2. The molecule has 0 aliphatic heterocycles. The molecule has 198 valence electrons. The second kappa shape index (κ2) is 11.6. The zero-order chi connectivity index (χ0) is 28.0. The van der Waals surface area contributed by atoms with Gasteiger partial charge < -0.3 is 13.9 Å². The Kier molecular flexibility index (Phi) is 7.29. The molecule has 0 fully saturated rings. The number of hydrogen-bond donors (Lipinski definition) is 0. The molecule has 6 rings (SSSR count). The highest BCUT2D eigenvalue weighted by Crippen LogP contribution is 2.42. The van der Waals surface area contributed by atoms with Crippen LogP contribution in [0.3, 0.4) is 0 Å². The number of fused-ring (bicyclic) bond motifs is 1. The summed E-state index contributed by atoms with van der Waals surface area (Å²) in [6.45, 7) is 0.410. The second-order valence-corrected chi connectivity index (χ2v) is 9.43. The van der Waals surface area contributed by atoms with Gasteiger partial charge in [0.15, 0.2) is 11.5 Å². The molecule has 5 aromatic carbocycles. The Morgan fingerprint density at radius 3 is 2.24 bits per heavy atom. The van der Waals surface area contributed by atoms with Crippen molar-refractivity contribution in [1.82, 2.24) is 0 Å². The van der Waals surface area contributed by atoms with Crippen molar-refractivity contribution in [1.29, 1.82) is 5.26 Å². The Balaban J connectivity index is 1.30. The number of hydrogen-bond acceptors (Lipinski definition) is 5. The Morgan fingerprint density at radius 2 is 1.49 bits per heavy atom. The van der Waals surface area contributed by atoms with Gasteiger partial charge in [0.2, 0.25) is 5.88 Å². The zero-order valence-corrected chi connectivity index (χ0v) is 22.5. The maximum absolute atomic E-state index is 10.1. The average molecular weight is 535 g/mol. The molecular formula is C36H26N2O3. The van der Waals surface area contributed by atoms with Gasteiger partial charge in [-0.25, -0.2) is 4.99 Å². The third-order valence-corrected chi connectivity index (χ3v) is 6.88. The molecule has 0 bridgehead atoms. The van der Waals surface area contributed by atoms with E-state index < -0.39 is 0 Å². The zero-order valence-electron chi connectivity index (χ0n) is 22.5. The van der Waals surface area contributed by atoms with Crippen LogP contribution in [0.5, 0.6) is 11.5 Å². The summed E-state index contributed by atoms with van der Waals surface area (Å²) in [6.07, 6.45) is 1.67. The van der Waals surface area contributed by atoms with Gasteiger partial charge in [0.05, 0.1) is 7.11 Å². The van der Waals surface area contributed by atoms with Gasteiger partial charge in [0.1, 0.15) is 24.0 Å². The molecular weight excluding hydrogens is 508 g/mol. The highest BCUT2D eigenvalue weighted by molar-refractivity contribution is 5.90. The fourth-order valence-corrected chi connectivity index (χ4v) is 4.88. The summed E-state index contributed by atoms with van der Waals surface area (Å²) in [5.41, 5.74) is 4.75. The van der Waals surface area contributed by atoms with E-state index in [4.69, 9.17) is 13.9 Å². The molecule has 5 nitrogen and oxygen atoms in total. The predicted octanol–water partition coefficient (Wildman–Crippen LogP) is 8.98. The molecule has 0 aliphatic carbocycles. The van der Waals surface area contributed by atoms with Crippen molar-refractivity contribution in [3.8, 4) is 40.0 Å². The Bertz CT molecular complexity index is 1880. The lowest BCUT2D eigenvalue weighted by molar-refractivity contribution is 0.285. The number of ether oxygens (including phenoxy) is 2. The van der Waals surface area contributed by atoms with Crippen LogP contribution in [0, 0.1) is 11.3 Å². The van der Waals surface area contributed by atoms with Gasteiger partial charge in [-0.1, -0.05) is 103 Å². The summed E-state index contributed by atoms with van der Waals surface area (Å²) in [6, 6.07) is 41.9. The standard InChI is InChI=1S/C36H26N2O3/c1-39-33-21-25(19-20-32(33)40-24-29-17-10-16-26-11-8-9-18-30(26)29)23-38-36-31(22-37)34(27-12-4-2-5-13-27)35(41-36)28-14-6-3-7-15-28/h2-21,23H,24H2,1H3. The van der Waals surface area contributed by atoms with E-state index in [1.165, 1.54) is 5.39 Å². The third-order valence-electron chi connectivity index (χ3n) is 6.88. The van der Waals surface area contributed by atoms with E-state index in [9.17, 15) is 5.26 Å². The summed E-state index contributed by atoms with van der Waals surface area (Å²) < 4.78 is 18.0. The molecule has 6 aromatic rings. The molecule has 0 atom stereocenters. The molecule has 0 spiro atoms. The Labute approximate surface area is 238 Å². The predicted molar refractivity (Wildman–Crippen MR) is 163 cm³/mol. The molecule has 0 aliphatic rings. The minimum atomic E-state index is 0.250. The number of aliphatic imine (C=N–C) groups is 1. The first-order valence-electron chi connectivity index (χ1n) is 13.2. The molecule has 0 radical (unpaired) electrons. The van der Waals surface area contributed by atoms with E-state index in [1.54, 1.807) is 13.3 Å². The number of nitriles is 1. The van der Waals surface area contributed by atoms with Crippen molar-refractivity contribution in [3.63, 3.8) is 0 Å². The van der Waals surface area contributed by atoms with Crippen LogP contribution in [0.2, 0.25) is 0 Å². The first kappa shape index (κ1) is 25.7. The lowest BCUT2D eigenvalue weighted by Gasteiger charge is -2.12. The summed E-state index contributed by atoms with van der Waals surface area (Å²) in [7, 11) is 1.61. The monoisotopic (exact) mass is 534 g/mol. The smallest absolute Gasteiger partial charge is 0.238 e. The van der Waals surface area contributed by atoms with Crippen LogP contribution >= 0.6 is 0 Å². The summed E-state index contributed by atoms with van der Waals surface area (Å²) in [5.74, 6) is 2.07. The van der Waals surface area contributed by atoms with E-state index in [2.05, 4.69) is 35.3 Å². The SMILES string of the molecule is COc1cc(C=Nc2oc(-c3ccccc3)c(-c3ccccc3)c2C#N)ccc1OCc1cccc2ccccc12. The minimum absolute atomic E-state index is 0.250. The van der Waals surface area contributed by atoms with Crippen molar-refractivity contribution in [2.24, 2.45) is 4.99 Å². The van der Waals surface area contributed by atoms with Crippen LogP contribution in [0.25, 0.3) is 33.2 Å². The highest BCUT2D eigenvalue weighted by Gasteiger charge is 2.22. The van der Waals surface area contributed by atoms with Crippen LogP contribution in [-0.4, -0.2) is 13.3 Å². The summed E-state index contributed by atoms with van der Waals surface area (Å²) >= 11 is 0. The van der Waals surface area contributed by atoms with Crippen molar-refractivity contribution in [2.45, 2.75) is 6.61 Å². The maximum Gasteiger partial charge on any atom is 0.238 e. The van der Waals surface area contributed by atoms with Crippen LogP contribution < -0.4 is 9.47 Å². The van der Waals surface area contributed by atoms with Gasteiger partial charge in [0, 0.05) is 17.3 Å². The minimum Gasteiger partial charge on any atom is -0.493 e. The lowest BCUT2D eigenvalue weighted by atomic mass is 9.98. The summed E-state index contributed by atoms with van der Waals surface area (Å²) in [4.78, 5) is 4.60. The van der Waals surface area contributed by atoms with Crippen molar-refractivity contribution < 1.29 is 13.9 Å². The van der Waals surface area contributed by atoms with Gasteiger partial charge in [-0.05, 0) is 45.7 Å². The Morgan fingerprint density at radius 1 is 0.780 bits per heavy atom. The van der Waals surface area contributed by atoms with Crippen LogP contribution in [-0.2, 0) is 6.61 Å². The molecule has 0 unspecified atom stereocenters. The fraction of sp³-hybridized carbons (Fsp3) is 0.0556. The Hall–Kier alpha value is -5.60. The van der Waals surface area contributed by atoms with E-state index in [1.807, 2.05) is 97.1 Å². The van der Waals surface area contributed by atoms with Gasteiger partial charge in [-0.15, -0.1) is 0 Å². The van der Waals surface area contributed by atoms with Crippen molar-refractivity contribution in [2.75, 3.05) is 7.11 Å². The van der Waals surface area contributed by atoms with Gasteiger partial charge in [-0.2, -0.15) is 5.26 Å². The summed E-state index contributed by atoms with van der Waals surface area (Å²) in [5, 5.41) is 12.5. The van der Waals surface area contributed by atoms with E-state index in [0.29, 0.717) is 29.4 Å². The lowest BCUT2D eigenvalue weighted by Crippen LogP contribution is -1.99. The third kappa shape index (κ3) is 5.32. The van der Waals surface area contributed by atoms with E-state index >= 15 is 0 Å². The van der Waals surface area contributed by atoms with E-state index in [-0.39, 0.29) is 5.88 Å². The number of benzene rings is 5. The molecule has 1 aromatic heterocycles. The van der Waals surface area contributed by atoms with Crippen LogP contribution in [0.4, 0.5) is 5.88 Å². The van der Waals surface area contributed by atoms with Crippen molar-refractivity contribution in [3.05, 3.63) is 138 Å². The molecule has 41 heavy (non-hydrogen) atoms. The molecule has 1 heterocycles. The number of methoxy groups -OCH3 is 1. The quantitative estimate of drug-likeness (QED) is 0.183. The topological polar surface area (TPSA) is 67.8 Å². The first-order valence-corrected chi connectivity index (χ1v) is 13.2. The molecule has 0 N–H and O–H groups in total. The average Bonchev–Trinajstić information content (AvgIpc) is 3.42. The number of rotatable bonds is 8. The maximum atomic E-state index is 10.1. The van der Waals surface area contributed by atoms with Crippen LogP contribution in [0.1, 0.15) is 16.7 Å². The molecule has 0 saturated heterocycles. The van der Waals surface area contributed by atoms with E-state index in [0.717, 1.165) is 33.2 Å². The van der Waals surface area contributed by atoms with Gasteiger partial charge in [-0.3, -0.25) is 0 Å². The molecule has 0 amide bonds. The second-order valence-electron chi connectivity index (χ2n) is 9.43. The number of furan rings is 1. The van der Waals surface area contributed by atoms with Gasteiger partial charge in [0.25, 0.3) is 0 Å². The molecule has 0 saturated carbocycles. The fourth-order valence-electron chi connectivity index (χ4n) is 4.88. The highest BCUT2D eigenvalue weighted by atomic mass is 16.5. The first-order chi connectivity index (χ1) is 20.2. The molecule has 5 heteroatoms. The van der Waals surface area contributed by atoms with Crippen molar-refractivity contribution >= 4 is 22.9 Å².